The number of nitrogens with one attached hydrogen (secondary N) is 2. The number of hydrogen-bond acceptors (Lipinski definition) is 5. The maximum atomic E-state index is 4.56. The second-order valence-electron chi connectivity index (χ2n) is 6.60. The molecule has 1 aromatic carbocycles. The Kier molecular flexibility index (Phi) is 5.77. The summed E-state index contributed by atoms with van der Waals surface area (Å²) >= 11 is 0. The molecular formula is C19H27N5. The molecule has 0 spiro atoms. The van der Waals surface area contributed by atoms with Gasteiger partial charge in [-0.1, -0.05) is 30.3 Å². The van der Waals surface area contributed by atoms with Crippen molar-refractivity contribution in [3.63, 3.8) is 0 Å². The maximum absolute atomic E-state index is 4.56. The van der Waals surface area contributed by atoms with Crippen LogP contribution in [0.1, 0.15) is 29.3 Å². The molecule has 0 saturated heterocycles. The Balaban J connectivity index is 1.84. The zero-order valence-corrected chi connectivity index (χ0v) is 14.6. The summed E-state index contributed by atoms with van der Waals surface area (Å²) in [6, 6.07) is 10.9. The quantitative estimate of drug-likeness (QED) is 0.853. The van der Waals surface area contributed by atoms with Crippen LogP contribution in [-0.2, 0) is 12.8 Å². The van der Waals surface area contributed by atoms with Crippen LogP contribution < -0.4 is 10.6 Å². The summed E-state index contributed by atoms with van der Waals surface area (Å²) in [5.74, 6) is 0.997. The fourth-order valence-corrected chi connectivity index (χ4v) is 3.16. The first-order valence-electron chi connectivity index (χ1n) is 8.73. The number of hydrogen-bond donors (Lipinski definition) is 2. The lowest BCUT2D eigenvalue weighted by atomic mass is 10.0. The smallest absolute Gasteiger partial charge is 0.133 e. The third-order valence-corrected chi connectivity index (χ3v) is 4.50. The summed E-state index contributed by atoms with van der Waals surface area (Å²) in [5.41, 5.74) is 3.75. The summed E-state index contributed by atoms with van der Waals surface area (Å²) < 4.78 is 0. The molecule has 128 valence electrons. The molecule has 1 aliphatic rings. The average molecular weight is 325 g/mol. The normalized spacial score (nSPS) is 15.6. The number of rotatable bonds is 6. The molecule has 2 heterocycles. The van der Waals surface area contributed by atoms with Crippen molar-refractivity contribution >= 4 is 5.82 Å². The van der Waals surface area contributed by atoms with Gasteiger partial charge in [-0.2, -0.15) is 0 Å². The molecule has 24 heavy (non-hydrogen) atoms. The molecule has 3 rings (SSSR count). The van der Waals surface area contributed by atoms with Gasteiger partial charge in [-0.15, -0.1) is 0 Å². The molecule has 0 radical (unpaired) electrons. The van der Waals surface area contributed by atoms with Crippen molar-refractivity contribution in [2.75, 3.05) is 39.0 Å². The minimum Gasteiger partial charge on any atom is -0.363 e. The zero-order valence-electron chi connectivity index (χ0n) is 14.6. The van der Waals surface area contributed by atoms with Crippen molar-refractivity contribution in [2.45, 2.75) is 25.3 Å². The minimum absolute atomic E-state index is 0.254. The predicted octanol–water partition coefficient (Wildman–Crippen LogP) is 2.27. The first-order valence-corrected chi connectivity index (χ1v) is 8.73. The van der Waals surface area contributed by atoms with E-state index in [0.717, 1.165) is 44.7 Å². The Labute approximate surface area is 144 Å². The highest BCUT2D eigenvalue weighted by Gasteiger charge is 2.18. The van der Waals surface area contributed by atoms with Crippen LogP contribution in [0.15, 0.2) is 36.7 Å². The highest BCUT2D eigenvalue weighted by molar-refractivity contribution is 5.48. The van der Waals surface area contributed by atoms with Crippen LogP contribution >= 0.6 is 0 Å². The van der Waals surface area contributed by atoms with Crippen LogP contribution in [0.25, 0.3) is 0 Å². The van der Waals surface area contributed by atoms with E-state index in [2.05, 4.69) is 69.9 Å². The van der Waals surface area contributed by atoms with Gasteiger partial charge in [-0.05, 0) is 45.6 Å². The second-order valence-corrected chi connectivity index (χ2v) is 6.60. The Bertz CT molecular complexity index is 641. The van der Waals surface area contributed by atoms with E-state index in [1.165, 1.54) is 16.8 Å². The number of nitrogens with zero attached hydrogens (tertiary/aromatic N) is 3. The SMILES string of the molecule is CN(C)CC[C@@H](Nc1ncnc2c1CCNCC2)c1ccccc1. The highest BCUT2D eigenvalue weighted by Crippen LogP contribution is 2.26. The first kappa shape index (κ1) is 16.9. The Morgan fingerprint density at radius 1 is 1.12 bits per heavy atom. The molecule has 0 unspecified atom stereocenters. The van der Waals surface area contributed by atoms with Gasteiger partial charge in [-0.3, -0.25) is 0 Å². The number of aromatic nitrogens is 2. The lowest BCUT2D eigenvalue weighted by molar-refractivity contribution is 0.387. The molecular weight excluding hydrogens is 298 g/mol. The molecule has 1 atom stereocenters. The van der Waals surface area contributed by atoms with E-state index < -0.39 is 0 Å². The monoisotopic (exact) mass is 325 g/mol. The van der Waals surface area contributed by atoms with Gasteiger partial charge in [0.2, 0.25) is 0 Å². The Hall–Kier alpha value is -1.98. The minimum atomic E-state index is 0.254. The lowest BCUT2D eigenvalue weighted by Gasteiger charge is -2.23. The summed E-state index contributed by atoms with van der Waals surface area (Å²) in [6.07, 6.45) is 4.68. The van der Waals surface area contributed by atoms with Gasteiger partial charge in [-0.25, -0.2) is 9.97 Å². The van der Waals surface area contributed by atoms with Crippen molar-refractivity contribution in [1.82, 2.24) is 20.2 Å². The topological polar surface area (TPSA) is 53.1 Å². The van der Waals surface area contributed by atoms with E-state index in [1.54, 1.807) is 6.33 Å². The average Bonchev–Trinajstić information content (AvgIpc) is 2.85. The Morgan fingerprint density at radius 2 is 1.92 bits per heavy atom. The maximum Gasteiger partial charge on any atom is 0.133 e. The zero-order chi connectivity index (χ0) is 16.8. The van der Waals surface area contributed by atoms with E-state index >= 15 is 0 Å². The standard InChI is InChI=1S/C19H27N5/c1-24(2)13-10-17(15-6-4-3-5-7-15)23-19-16-8-11-20-12-9-18(16)21-14-22-19/h3-7,14,17,20H,8-13H2,1-2H3,(H,21,22,23)/t17-/m1/s1. The van der Waals surface area contributed by atoms with Crippen LogP contribution in [0.3, 0.4) is 0 Å². The van der Waals surface area contributed by atoms with Crippen LogP contribution in [0.4, 0.5) is 5.82 Å². The molecule has 0 amide bonds. The van der Waals surface area contributed by atoms with E-state index in [0.29, 0.717) is 0 Å². The van der Waals surface area contributed by atoms with E-state index in [-0.39, 0.29) is 6.04 Å². The van der Waals surface area contributed by atoms with Crippen LogP contribution in [0.2, 0.25) is 0 Å². The highest BCUT2D eigenvalue weighted by atomic mass is 15.1. The van der Waals surface area contributed by atoms with Gasteiger partial charge in [0.25, 0.3) is 0 Å². The predicted molar refractivity (Wildman–Crippen MR) is 98.3 cm³/mol. The van der Waals surface area contributed by atoms with Crippen LogP contribution in [0, 0.1) is 0 Å². The third kappa shape index (κ3) is 4.30. The molecule has 0 aliphatic carbocycles. The van der Waals surface area contributed by atoms with Gasteiger partial charge < -0.3 is 15.5 Å². The molecule has 2 aromatic rings. The van der Waals surface area contributed by atoms with Gasteiger partial charge >= 0.3 is 0 Å². The van der Waals surface area contributed by atoms with Gasteiger partial charge in [0, 0.05) is 18.5 Å². The number of fused-ring (bicyclic) bond motifs is 1. The summed E-state index contributed by atoms with van der Waals surface area (Å²) in [7, 11) is 4.23. The molecule has 1 aliphatic heterocycles. The van der Waals surface area contributed by atoms with Crippen LogP contribution in [-0.4, -0.2) is 48.6 Å². The van der Waals surface area contributed by atoms with Crippen molar-refractivity contribution < 1.29 is 0 Å². The van der Waals surface area contributed by atoms with Crippen LogP contribution in [0.5, 0.6) is 0 Å². The van der Waals surface area contributed by atoms with Gasteiger partial charge in [0.1, 0.15) is 12.1 Å². The largest absolute Gasteiger partial charge is 0.363 e. The summed E-state index contributed by atoms with van der Waals surface area (Å²) in [5, 5.41) is 7.15. The van der Waals surface area contributed by atoms with Crippen molar-refractivity contribution in [3.05, 3.63) is 53.5 Å². The fraction of sp³-hybridized carbons (Fsp3) is 0.474. The number of anilines is 1. The van der Waals surface area contributed by atoms with Crippen molar-refractivity contribution in [1.29, 1.82) is 0 Å². The number of benzene rings is 1. The second kappa shape index (κ2) is 8.22. The molecule has 5 heteroatoms. The van der Waals surface area contributed by atoms with Crippen molar-refractivity contribution in [3.8, 4) is 0 Å². The van der Waals surface area contributed by atoms with Crippen molar-refractivity contribution in [2.24, 2.45) is 0 Å². The molecule has 0 fully saturated rings. The van der Waals surface area contributed by atoms with E-state index in [9.17, 15) is 0 Å². The molecule has 1 aromatic heterocycles. The van der Waals surface area contributed by atoms with Gasteiger partial charge in [0.15, 0.2) is 0 Å². The first-order chi connectivity index (χ1) is 11.7. The molecule has 0 saturated carbocycles. The third-order valence-electron chi connectivity index (χ3n) is 4.50. The fourth-order valence-electron chi connectivity index (χ4n) is 3.16. The van der Waals surface area contributed by atoms with Gasteiger partial charge in [0.05, 0.1) is 11.7 Å². The van der Waals surface area contributed by atoms with E-state index in [4.69, 9.17) is 0 Å². The summed E-state index contributed by atoms with van der Waals surface area (Å²) in [4.78, 5) is 11.3. The molecule has 0 bridgehead atoms. The lowest BCUT2D eigenvalue weighted by Crippen LogP contribution is -2.21. The van der Waals surface area contributed by atoms with E-state index in [1.807, 2.05) is 0 Å². The summed E-state index contributed by atoms with van der Waals surface area (Å²) in [6.45, 7) is 3.01. The molecule has 2 N–H and O–H groups in total. The Morgan fingerprint density at radius 3 is 2.71 bits per heavy atom. The molecule has 5 nitrogen and oxygen atoms in total.